The highest BCUT2D eigenvalue weighted by Crippen LogP contribution is 2.04. The van der Waals surface area contributed by atoms with Crippen molar-refractivity contribution in [2.75, 3.05) is 6.26 Å². The number of aldehydes is 1. The smallest absolute Gasteiger partial charge is 0.279 e. The molecule has 0 bridgehead atoms. The molecular weight excluding hydrogens is 198 g/mol. The molecule has 1 unspecified atom stereocenters. The molecule has 1 atom stereocenters. The average Bonchev–Trinajstić information content (AvgIpc) is 2.19. The van der Waals surface area contributed by atoms with E-state index in [4.69, 9.17) is 0 Å². The maximum Gasteiger partial charge on any atom is 0.279 e. The third kappa shape index (κ3) is 9.58. The van der Waals surface area contributed by atoms with Crippen molar-refractivity contribution < 1.29 is 9.59 Å². The van der Waals surface area contributed by atoms with Gasteiger partial charge in [-0.15, -0.1) is 0 Å². The Morgan fingerprint density at radius 2 is 1.93 bits per heavy atom. The molecule has 0 aliphatic heterocycles. The van der Waals surface area contributed by atoms with Crippen LogP contribution in [0.4, 0.5) is 4.79 Å². The molecule has 0 heterocycles. The van der Waals surface area contributed by atoms with Crippen LogP contribution < -0.4 is 5.32 Å². The van der Waals surface area contributed by atoms with Gasteiger partial charge in [0.25, 0.3) is 5.24 Å². The quantitative estimate of drug-likeness (QED) is 0.739. The summed E-state index contributed by atoms with van der Waals surface area (Å²) in [4.78, 5) is 21.3. The Hall–Kier alpha value is -0.510. The molecule has 0 aromatic carbocycles. The van der Waals surface area contributed by atoms with E-state index in [2.05, 4.69) is 5.32 Å². The number of rotatable bonds is 4. The van der Waals surface area contributed by atoms with E-state index in [0.29, 0.717) is 12.3 Å². The fraction of sp³-hybridized carbons (Fsp3) is 0.800. The molecule has 0 aliphatic rings. The van der Waals surface area contributed by atoms with E-state index in [1.807, 2.05) is 27.7 Å². The summed E-state index contributed by atoms with van der Waals surface area (Å²) in [5.74, 6) is 0.419. The lowest BCUT2D eigenvalue weighted by Crippen LogP contribution is -2.34. The fourth-order valence-electron chi connectivity index (χ4n) is 0.867. The van der Waals surface area contributed by atoms with Gasteiger partial charge in [-0.1, -0.05) is 39.5 Å². The standard InChI is InChI=1S/C8H15NO2S.C2H6/c1-6(2)4-7(5-10)9-8(11)12-3;1-2/h5-7H,4H2,1-3H3,(H,9,11);1-2H3. The monoisotopic (exact) mass is 219 g/mol. The minimum absolute atomic E-state index is 0.146. The van der Waals surface area contributed by atoms with Gasteiger partial charge in [0.1, 0.15) is 6.29 Å². The van der Waals surface area contributed by atoms with Gasteiger partial charge in [-0.25, -0.2) is 0 Å². The zero-order valence-electron chi connectivity index (χ0n) is 9.66. The van der Waals surface area contributed by atoms with Crippen molar-refractivity contribution >= 4 is 23.3 Å². The summed E-state index contributed by atoms with van der Waals surface area (Å²) in [5.41, 5.74) is 0. The highest BCUT2D eigenvalue weighted by Gasteiger charge is 2.11. The first-order valence-corrected chi connectivity index (χ1v) is 6.12. The van der Waals surface area contributed by atoms with Crippen LogP contribution in [0.2, 0.25) is 0 Å². The van der Waals surface area contributed by atoms with E-state index < -0.39 is 0 Å². The molecule has 84 valence electrons. The predicted molar refractivity (Wildman–Crippen MR) is 62.7 cm³/mol. The molecule has 3 nitrogen and oxygen atoms in total. The first kappa shape index (κ1) is 15.9. The van der Waals surface area contributed by atoms with Crippen molar-refractivity contribution in [3.63, 3.8) is 0 Å². The third-order valence-electron chi connectivity index (χ3n) is 1.38. The number of nitrogens with one attached hydrogen (secondary N) is 1. The van der Waals surface area contributed by atoms with Crippen LogP contribution in [-0.4, -0.2) is 23.8 Å². The van der Waals surface area contributed by atoms with Crippen molar-refractivity contribution in [3.05, 3.63) is 0 Å². The first-order valence-electron chi connectivity index (χ1n) is 4.90. The van der Waals surface area contributed by atoms with Crippen LogP contribution in [0.25, 0.3) is 0 Å². The van der Waals surface area contributed by atoms with Crippen LogP contribution in [0.5, 0.6) is 0 Å². The maximum absolute atomic E-state index is 10.9. The summed E-state index contributed by atoms with van der Waals surface area (Å²) in [5, 5.41) is 2.46. The molecule has 0 radical (unpaired) electrons. The van der Waals surface area contributed by atoms with Crippen molar-refractivity contribution in [1.82, 2.24) is 5.32 Å². The molecule has 0 spiro atoms. The summed E-state index contributed by atoms with van der Waals surface area (Å²) in [6.07, 6.45) is 3.18. The number of amides is 1. The molecule has 0 fully saturated rings. The summed E-state index contributed by atoms with van der Waals surface area (Å²) < 4.78 is 0. The van der Waals surface area contributed by atoms with E-state index in [0.717, 1.165) is 18.0 Å². The van der Waals surface area contributed by atoms with Gasteiger partial charge in [0.15, 0.2) is 0 Å². The van der Waals surface area contributed by atoms with Crippen LogP contribution in [0.1, 0.15) is 34.1 Å². The van der Waals surface area contributed by atoms with E-state index in [-0.39, 0.29) is 11.3 Å². The largest absolute Gasteiger partial charge is 0.337 e. The highest BCUT2D eigenvalue weighted by atomic mass is 32.2. The Labute approximate surface area is 91.0 Å². The maximum atomic E-state index is 10.9. The zero-order chi connectivity index (χ0) is 11.6. The number of carbonyl (C=O) groups excluding carboxylic acids is 2. The van der Waals surface area contributed by atoms with Crippen LogP contribution in [0, 0.1) is 5.92 Å². The second-order valence-electron chi connectivity index (χ2n) is 3.01. The minimum atomic E-state index is -0.329. The van der Waals surface area contributed by atoms with Gasteiger partial charge < -0.3 is 10.1 Å². The Morgan fingerprint density at radius 3 is 2.21 bits per heavy atom. The molecule has 4 heteroatoms. The summed E-state index contributed by atoms with van der Waals surface area (Å²) in [7, 11) is 0. The van der Waals surface area contributed by atoms with Gasteiger partial charge in [-0.05, 0) is 18.6 Å². The molecule has 0 saturated heterocycles. The lowest BCUT2D eigenvalue weighted by Gasteiger charge is -2.13. The van der Waals surface area contributed by atoms with Crippen molar-refractivity contribution in [1.29, 1.82) is 0 Å². The van der Waals surface area contributed by atoms with Gasteiger partial charge in [0.2, 0.25) is 0 Å². The normalized spacial score (nSPS) is 11.3. The molecule has 0 aromatic heterocycles. The molecular formula is C10H21NO2S. The third-order valence-corrected chi connectivity index (χ3v) is 1.87. The van der Waals surface area contributed by atoms with Crippen LogP contribution in [0.3, 0.4) is 0 Å². The van der Waals surface area contributed by atoms with Gasteiger partial charge in [0.05, 0.1) is 6.04 Å². The van der Waals surface area contributed by atoms with Crippen LogP contribution in [-0.2, 0) is 4.79 Å². The van der Waals surface area contributed by atoms with Crippen molar-refractivity contribution in [3.8, 4) is 0 Å². The Morgan fingerprint density at radius 1 is 1.43 bits per heavy atom. The van der Waals surface area contributed by atoms with E-state index in [1.54, 1.807) is 6.26 Å². The first-order chi connectivity index (χ1) is 6.60. The lowest BCUT2D eigenvalue weighted by molar-refractivity contribution is -0.109. The average molecular weight is 219 g/mol. The highest BCUT2D eigenvalue weighted by molar-refractivity contribution is 8.12. The SMILES string of the molecule is CC.CSC(=O)NC(C=O)CC(C)C. The van der Waals surface area contributed by atoms with Crippen LogP contribution in [0.15, 0.2) is 0 Å². The van der Waals surface area contributed by atoms with Gasteiger partial charge in [0, 0.05) is 0 Å². The molecule has 0 aromatic rings. The number of carbonyl (C=O) groups is 2. The van der Waals surface area contributed by atoms with E-state index in [1.165, 1.54) is 0 Å². The summed E-state index contributed by atoms with van der Waals surface area (Å²) in [6, 6.07) is -0.329. The Bertz CT molecular complexity index is 160. The van der Waals surface area contributed by atoms with Gasteiger partial charge >= 0.3 is 0 Å². The topological polar surface area (TPSA) is 46.2 Å². The molecule has 1 N–H and O–H groups in total. The van der Waals surface area contributed by atoms with Crippen LogP contribution >= 0.6 is 11.8 Å². The zero-order valence-corrected chi connectivity index (χ0v) is 10.5. The van der Waals surface area contributed by atoms with E-state index in [9.17, 15) is 9.59 Å². The summed E-state index contributed by atoms with van der Waals surface area (Å²) >= 11 is 1.09. The number of hydrogen-bond donors (Lipinski definition) is 1. The predicted octanol–water partition coefficient (Wildman–Crippen LogP) is 2.70. The van der Waals surface area contributed by atoms with Gasteiger partial charge in [-0.3, -0.25) is 4.79 Å². The molecule has 1 amide bonds. The Balaban J connectivity index is 0. The second kappa shape index (κ2) is 10.6. The number of hydrogen-bond acceptors (Lipinski definition) is 3. The van der Waals surface area contributed by atoms with Crippen molar-refractivity contribution in [2.24, 2.45) is 5.92 Å². The van der Waals surface area contributed by atoms with Crippen molar-refractivity contribution in [2.45, 2.75) is 40.2 Å². The Kier molecular flexibility index (Phi) is 12.0. The molecule has 14 heavy (non-hydrogen) atoms. The number of thioether (sulfide) groups is 1. The molecule has 0 rings (SSSR count). The second-order valence-corrected chi connectivity index (χ2v) is 3.79. The molecule has 0 saturated carbocycles. The minimum Gasteiger partial charge on any atom is -0.337 e. The summed E-state index contributed by atoms with van der Waals surface area (Å²) in [6.45, 7) is 8.03. The fourth-order valence-corrected chi connectivity index (χ4v) is 1.14. The lowest BCUT2D eigenvalue weighted by atomic mass is 10.1. The molecule has 0 aliphatic carbocycles. The van der Waals surface area contributed by atoms with E-state index >= 15 is 0 Å². The van der Waals surface area contributed by atoms with Gasteiger partial charge in [-0.2, -0.15) is 0 Å².